The van der Waals surface area contributed by atoms with E-state index in [0.29, 0.717) is 11.3 Å². The maximum Gasteiger partial charge on any atom is 0.347 e. The standard InChI is InChI=1S/C24H19N4O/c1-12(2)23-22-19-20(27(4)11-26-24(19)29-23)17-13(3)9-14(10-25)18-15-7-5-6-8-16(15)28(22)21(17)18/h5-9,11-12H,1-4H3/q+1. The molecule has 5 nitrogen and oxygen atoms in total. The van der Waals surface area contributed by atoms with Crippen molar-refractivity contribution in [3.63, 3.8) is 0 Å². The first-order chi connectivity index (χ1) is 14.0. The first kappa shape index (κ1) is 16.3. The highest BCUT2D eigenvalue weighted by atomic mass is 16.3. The Morgan fingerprint density at radius 3 is 2.69 bits per heavy atom. The van der Waals surface area contributed by atoms with E-state index in [2.05, 4.69) is 52.9 Å². The van der Waals surface area contributed by atoms with Crippen LogP contribution in [0.1, 0.15) is 36.7 Å². The van der Waals surface area contributed by atoms with Crippen molar-refractivity contribution in [1.82, 2.24) is 9.38 Å². The normalized spacial score (nSPS) is 12.4. The quantitative estimate of drug-likeness (QED) is 0.295. The number of para-hydroxylation sites is 1. The molecule has 6 rings (SSSR count). The fraction of sp³-hybridized carbons (Fsp3) is 0.208. The minimum Gasteiger partial charge on any atom is -0.422 e. The van der Waals surface area contributed by atoms with Gasteiger partial charge in [0, 0.05) is 16.7 Å². The van der Waals surface area contributed by atoms with Crippen molar-refractivity contribution < 1.29 is 8.98 Å². The highest BCUT2D eigenvalue weighted by Crippen LogP contribution is 2.44. The number of pyridine rings is 1. The molecule has 0 unspecified atom stereocenters. The highest BCUT2D eigenvalue weighted by Gasteiger charge is 2.30. The SMILES string of the molecule is Cc1cc(C#N)c2c3ccccc3n3c4c(C(C)C)oc5nc[n+](C)c(c1c23)c54. The summed E-state index contributed by atoms with van der Waals surface area (Å²) in [6, 6.07) is 12.8. The van der Waals surface area contributed by atoms with Crippen molar-refractivity contribution in [3.05, 3.63) is 53.5 Å². The van der Waals surface area contributed by atoms with Crippen molar-refractivity contribution in [2.45, 2.75) is 26.7 Å². The number of rotatable bonds is 1. The van der Waals surface area contributed by atoms with E-state index in [1.54, 1.807) is 0 Å². The van der Waals surface area contributed by atoms with Crippen LogP contribution in [0.3, 0.4) is 0 Å². The minimum atomic E-state index is 0.204. The smallest absolute Gasteiger partial charge is 0.347 e. The molecule has 0 spiro atoms. The number of hydrogen-bond acceptors (Lipinski definition) is 3. The summed E-state index contributed by atoms with van der Waals surface area (Å²) in [5.41, 5.74) is 6.79. The first-order valence-corrected chi connectivity index (χ1v) is 9.81. The number of aromatic nitrogens is 3. The molecule has 0 radical (unpaired) electrons. The van der Waals surface area contributed by atoms with Crippen molar-refractivity contribution in [1.29, 1.82) is 5.26 Å². The van der Waals surface area contributed by atoms with Gasteiger partial charge in [-0.1, -0.05) is 32.0 Å². The molecule has 0 saturated carbocycles. The zero-order valence-corrected chi connectivity index (χ0v) is 16.7. The lowest BCUT2D eigenvalue weighted by molar-refractivity contribution is -0.647. The Labute approximate surface area is 166 Å². The van der Waals surface area contributed by atoms with E-state index in [1.807, 2.05) is 31.6 Å². The van der Waals surface area contributed by atoms with Crippen molar-refractivity contribution >= 4 is 49.3 Å². The third kappa shape index (κ3) is 1.79. The lowest BCUT2D eigenvalue weighted by atomic mass is 9.98. The van der Waals surface area contributed by atoms with E-state index in [4.69, 9.17) is 4.42 Å². The summed E-state index contributed by atoms with van der Waals surface area (Å²) in [6.07, 6.45) is 1.82. The van der Waals surface area contributed by atoms with Crippen LogP contribution in [0.15, 0.2) is 41.1 Å². The van der Waals surface area contributed by atoms with Gasteiger partial charge in [0.2, 0.25) is 0 Å². The maximum atomic E-state index is 9.92. The minimum absolute atomic E-state index is 0.204. The molecule has 0 saturated heterocycles. The predicted molar refractivity (Wildman–Crippen MR) is 113 cm³/mol. The third-order valence-corrected chi connectivity index (χ3v) is 6.07. The van der Waals surface area contributed by atoms with Crippen LogP contribution in [0.4, 0.5) is 0 Å². The Morgan fingerprint density at radius 2 is 1.93 bits per heavy atom. The lowest BCUT2D eigenvalue weighted by Gasteiger charge is -2.11. The second-order valence-corrected chi connectivity index (χ2v) is 8.16. The molecule has 0 amide bonds. The van der Waals surface area contributed by atoms with Crippen LogP contribution < -0.4 is 4.57 Å². The van der Waals surface area contributed by atoms with E-state index in [9.17, 15) is 5.26 Å². The molecular weight excluding hydrogens is 360 g/mol. The monoisotopic (exact) mass is 379 g/mol. The van der Waals surface area contributed by atoms with Crippen LogP contribution in [0, 0.1) is 18.3 Å². The Bertz CT molecular complexity index is 1660. The van der Waals surface area contributed by atoms with Crippen LogP contribution in [-0.2, 0) is 7.05 Å². The largest absolute Gasteiger partial charge is 0.422 e. The number of nitriles is 1. The van der Waals surface area contributed by atoms with Crippen LogP contribution in [0.2, 0.25) is 0 Å². The summed E-state index contributed by atoms with van der Waals surface area (Å²) in [4.78, 5) is 4.58. The molecule has 4 aromatic heterocycles. The van der Waals surface area contributed by atoms with E-state index < -0.39 is 0 Å². The van der Waals surface area contributed by atoms with E-state index in [1.165, 1.54) is 0 Å². The van der Waals surface area contributed by atoms with Gasteiger partial charge in [0.15, 0.2) is 5.52 Å². The van der Waals surface area contributed by atoms with E-state index in [0.717, 1.165) is 54.9 Å². The average Bonchev–Trinajstić information content (AvgIpc) is 3.25. The molecule has 0 atom stereocenters. The number of benzene rings is 2. The summed E-state index contributed by atoms with van der Waals surface area (Å²) in [5, 5.41) is 14.2. The Morgan fingerprint density at radius 1 is 1.14 bits per heavy atom. The fourth-order valence-electron chi connectivity index (χ4n) is 4.94. The van der Waals surface area contributed by atoms with Crippen molar-refractivity contribution in [3.8, 4) is 6.07 Å². The second-order valence-electron chi connectivity index (χ2n) is 8.16. The molecule has 140 valence electrons. The van der Waals surface area contributed by atoms with Gasteiger partial charge in [0.25, 0.3) is 6.33 Å². The Hall–Kier alpha value is -3.65. The molecule has 0 aliphatic rings. The molecule has 4 heterocycles. The lowest BCUT2D eigenvalue weighted by Crippen LogP contribution is -2.29. The highest BCUT2D eigenvalue weighted by molar-refractivity contribution is 6.26. The molecule has 29 heavy (non-hydrogen) atoms. The Kier molecular flexibility index (Phi) is 2.95. The van der Waals surface area contributed by atoms with Crippen molar-refractivity contribution in [2.75, 3.05) is 0 Å². The fourth-order valence-corrected chi connectivity index (χ4v) is 4.94. The van der Waals surface area contributed by atoms with Gasteiger partial charge in [-0.3, -0.25) is 0 Å². The summed E-state index contributed by atoms with van der Waals surface area (Å²) in [5.74, 6) is 1.13. The van der Waals surface area contributed by atoms with Gasteiger partial charge in [-0.25, -0.2) is 4.57 Å². The van der Waals surface area contributed by atoms with E-state index in [-0.39, 0.29) is 5.92 Å². The van der Waals surface area contributed by atoms with Gasteiger partial charge in [-0.15, -0.1) is 0 Å². The van der Waals surface area contributed by atoms with Crippen LogP contribution in [0.5, 0.6) is 0 Å². The van der Waals surface area contributed by atoms with Gasteiger partial charge in [-0.05, 0) is 29.6 Å². The molecule has 0 aliphatic carbocycles. The van der Waals surface area contributed by atoms with Gasteiger partial charge in [-0.2, -0.15) is 5.26 Å². The number of furan rings is 1. The number of aryl methyl sites for hydroxylation is 2. The van der Waals surface area contributed by atoms with Gasteiger partial charge in [0.05, 0.1) is 35.1 Å². The van der Waals surface area contributed by atoms with Crippen LogP contribution in [0.25, 0.3) is 49.3 Å². The molecule has 5 heteroatoms. The molecule has 0 N–H and O–H groups in total. The van der Waals surface area contributed by atoms with Crippen LogP contribution in [-0.4, -0.2) is 9.38 Å². The summed E-state index contributed by atoms with van der Waals surface area (Å²) < 4.78 is 10.7. The molecule has 0 aliphatic heterocycles. The number of nitrogens with zero attached hydrogens (tertiary/aromatic N) is 4. The molecule has 6 aromatic rings. The zero-order valence-electron chi connectivity index (χ0n) is 16.7. The molecule has 2 aromatic carbocycles. The zero-order chi connectivity index (χ0) is 20.0. The summed E-state index contributed by atoms with van der Waals surface area (Å²) in [7, 11) is 2.02. The predicted octanol–water partition coefficient (Wildman–Crippen LogP) is 5.11. The average molecular weight is 379 g/mol. The Balaban J connectivity index is 2.15. The van der Waals surface area contributed by atoms with Crippen LogP contribution >= 0.6 is 0 Å². The molecule has 0 bridgehead atoms. The van der Waals surface area contributed by atoms with E-state index >= 15 is 0 Å². The van der Waals surface area contributed by atoms with Gasteiger partial charge in [0.1, 0.15) is 16.7 Å². The summed E-state index contributed by atoms with van der Waals surface area (Å²) >= 11 is 0. The van der Waals surface area contributed by atoms with Crippen molar-refractivity contribution in [2.24, 2.45) is 7.05 Å². The number of fused-ring (bicyclic) bond motifs is 5. The van der Waals surface area contributed by atoms with Gasteiger partial charge >= 0.3 is 5.71 Å². The number of hydrogen-bond donors (Lipinski definition) is 0. The molecular formula is C24H19N4O+. The third-order valence-electron chi connectivity index (χ3n) is 6.07. The second kappa shape index (κ2) is 5.24. The topological polar surface area (TPSA) is 58.1 Å². The maximum absolute atomic E-state index is 9.92. The molecule has 0 fully saturated rings. The van der Waals surface area contributed by atoms with Gasteiger partial charge < -0.3 is 8.82 Å². The summed E-state index contributed by atoms with van der Waals surface area (Å²) in [6.45, 7) is 6.37. The first-order valence-electron chi connectivity index (χ1n) is 9.81.